The predicted molar refractivity (Wildman–Crippen MR) is 88.7 cm³/mol. The summed E-state index contributed by atoms with van der Waals surface area (Å²) >= 11 is 0. The minimum atomic E-state index is 0.0242. The van der Waals surface area contributed by atoms with Gasteiger partial charge in [0, 0.05) is 23.8 Å². The van der Waals surface area contributed by atoms with Crippen molar-refractivity contribution < 1.29 is 4.79 Å². The molecule has 1 saturated carbocycles. The first kappa shape index (κ1) is 15.9. The van der Waals surface area contributed by atoms with Crippen molar-refractivity contribution in [2.24, 2.45) is 5.92 Å². The largest absolute Gasteiger partial charge is 0.382 e. The molecule has 116 valence electrons. The van der Waals surface area contributed by atoms with Gasteiger partial charge in [-0.1, -0.05) is 39.2 Å². The van der Waals surface area contributed by atoms with Gasteiger partial charge in [-0.15, -0.1) is 0 Å². The zero-order chi connectivity index (χ0) is 15.1. The van der Waals surface area contributed by atoms with E-state index in [0.29, 0.717) is 6.04 Å². The van der Waals surface area contributed by atoms with E-state index in [0.717, 1.165) is 30.1 Å². The van der Waals surface area contributed by atoms with E-state index in [1.54, 1.807) is 0 Å². The topological polar surface area (TPSA) is 41.1 Å². The fraction of sp³-hybridized carbons (Fsp3) is 0.611. The molecule has 0 aliphatic heterocycles. The Hall–Kier alpha value is -1.51. The third-order valence-electron chi connectivity index (χ3n) is 4.45. The quantitative estimate of drug-likeness (QED) is 0.823. The van der Waals surface area contributed by atoms with Crippen LogP contribution in [0.3, 0.4) is 0 Å². The lowest BCUT2D eigenvalue weighted by molar-refractivity contribution is 0.0953. The molecule has 1 aromatic rings. The Morgan fingerprint density at radius 2 is 2.05 bits per heavy atom. The Labute approximate surface area is 128 Å². The molecule has 0 aromatic heterocycles. The van der Waals surface area contributed by atoms with E-state index in [2.05, 4.69) is 30.5 Å². The van der Waals surface area contributed by atoms with Gasteiger partial charge in [-0.25, -0.2) is 0 Å². The first-order valence-corrected chi connectivity index (χ1v) is 8.39. The zero-order valence-corrected chi connectivity index (χ0v) is 13.3. The SMILES string of the molecule is CCCNC(=O)c1cccc(NC2CCCCC2CC)c1. The molecule has 0 saturated heterocycles. The summed E-state index contributed by atoms with van der Waals surface area (Å²) in [4.78, 5) is 12.0. The van der Waals surface area contributed by atoms with Gasteiger partial charge in [0.25, 0.3) is 5.91 Å². The highest BCUT2D eigenvalue weighted by Gasteiger charge is 2.23. The third kappa shape index (κ3) is 4.48. The molecule has 1 aliphatic carbocycles. The van der Waals surface area contributed by atoms with E-state index >= 15 is 0 Å². The zero-order valence-electron chi connectivity index (χ0n) is 13.3. The van der Waals surface area contributed by atoms with Crippen LogP contribution in [0.4, 0.5) is 5.69 Å². The highest BCUT2D eigenvalue weighted by molar-refractivity contribution is 5.95. The predicted octanol–water partition coefficient (Wildman–Crippen LogP) is 4.21. The van der Waals surface area contributed by atoms with Crippen LogP contribution < -0.4 is 10.6 Å². The molecule has 2 rings (SSSR count). The van der Waals surface area contributed by atoms with Crippen molar-refractivity contribution in [3.8, 4) is 0 Å². The lowest BCUT2D eigenvalue weighted by Crippen LogP contribution is -2.32. The molecule has 0 spiro atoms. The molecule has 1 aromatic carbocycles. The summed E-state index contributed by atoms with van der Waals surface area (Å²) in [5.41, 5.74) is 1.82. The van der Waals surface area contributed by atoms with E-state index in [1.165, 1.54) is 32.1 Å². The van der Waals surface area contributed by atoms with Gasteiger partial charge in [0.05, 0.1) is 0 Å². The maximum Gasteiger partial charge on any atom is 0.251 e. The molecule has 3 nitrogen and oxygen atoms in total. The van der Waals surface area contributed by atoms with Crippen molar-refractivity contribution >= 4 is 11.6 Å². The van der Waals surface area contributed by atoms with Crippen LogP contribution in [-0.4, -0.2) is 18.5 Å². The maximum atomic E-state index is 12.0. The van der Waals surface area contributed by atoms with Gasteiger partial charge in [-0.3, -0.25) is 4.79 Å². The summed E-state index contributed by atoms with van der Waals surface area (Å²) in [6, 6.07) is 8.45. The Balaban J connectivity index is 2.01. The molecular formula is C18H28N2O. The van der Waals surface area contributed by atoms with Crippen LogP contribution in [0.1, 0.15) is 62.7 Å². The molecule has 21 heavy (non-hydrogen) atoms. The summed E-state index contributed by atoms with van der Waals surface area (Å²) in [5.74, 6) is 0.785. The molecule has 1 aliphatic rings. The van der Waals surface area contributed by atoms with Crippen molar-refractivity contribution in [3.05, 3.63) is 29.8 Å². The summed E-state index contributed by atoms with van der Waals surface area (Å²) in [7, 11) is 0. The monoisotopic (exact) mass is 288 g/mol. The maximum absolute atomic E-state index is 12.0. The number of carbonyl (C=O) groups excluding carboxylic acids is 1. The van der Waals surface area contributed by atoms with Gasteiger partial charge >= 0.3 is 0 Å². The number of nitrogens with one attached hydrogen (secondary N) is 2. The van der Waals surface area contributed by atoms with Gasteiger partial charge < -0.3 is 10.6 Å². The normalized spacial score (nSPS) is 21.8. The molecule has 3 heteroatoms. The van der Waals surface area contributed by atoms with Crippen molar-refractivity contribution in [2.45, 2.75) is 58.4 Å². The molecule has 2 unspecified atom stereocenters. The van der Waals surface area contributed by atoms with Gasteiger partial charge in [0.1, 0.15) is 0 Å². The van der Waals surface area contributed by atoms with Crippen LogP contribution in [0.2, 0.25) is 0 Å². The molecule has 0 radical (unpaired) electrons. The first-order chi connectivity index (χ1) is 10.2. The molecule has 2 atom stereocenters. The van der Waals surface area contributed by atoms with Crippen LogP contribution in [-0.2, 0) is 0 Å². The fourth-order valence-corrected chi connectivity index (χ4v) is 3.19. The van der Waals surface area contributed by atoms with Crippen LogP contribution >= 0.6 is 0 Å². The van der Waals surface area contributed by atoms with Crippen molar-refractivity contribution in [1.29, 1.82) is 0 Å². The number of carbonyl (C=O) groups is 1. The third-order valence-corrected chi connectivity index (χ3v) is 4.45. The minimum absolute atomic E-state index is 0.0242. The highest BCUT2D eigenvalue weighted by Crippen LogP contribution is 2.29. The molecule has 0 heterocycles. The molecular weight excluding hydrogens is 260 g/mol. The van der Waals surface area contributed by atoms with E-state index in [-0.39, 0.29) is 5.91 Å². The van der Waals surface area contributed by atoms with Gasteiger partial charge in [0.2, 0.25) is 0 Å². The van der Waals surface area contributed by atoms with E-state index < -0.39 is 0 Å². The molecule has 0 bridgehead atoms. The molecule has 1 amide bonds. The van der Waals surface area contributed by atoms with Crippen molar-refractivity contribution in [2.75, 3.05) is 11.9 Å². The average Bonchev–Trinajstić information content (AvgIpc) is 2.53. The number of hydrogen-bond acceptors (Lipinski definition) is 2. The number of hydrogen-bond donors (Lipinski definition) is 2. The Morgan fingerprint density at radius 1 is 1.24 bits per heavy atom. The summed E-state index contributed by atoms with van der Waals surface area (Å²) < 4.78 is 0. The second-order valence-electron chi connectivity index (χ2n) is 6.04. The lowest BCUT2D eigenvalue weighted by Gasteiger charge is -2.32. The van der Waals surface area contributed by atoms with Crippen LogP contribution in [0, 0.1) is 5.92 Å². The lowest BCUT2D eigenvalue weighted by atomic mass is 9.83. The van der Waals surface area contributed by atoms with Crippen molar-refractivity contribution in [3.63, 3.8) is 0 Å². The van der Waals surface area contributed by atoms with Crippen LogP contribution in [0.15, 0.2) is 24.3 Å². The number of benzene rings is 1. The van der Waals surface area contributed by atoms with E-state index in [4.69, 9.17) is 0 Å². The number of amides is 1. The first-order valence-electron chi connectivity index (χ1n) is 8.39. The van der Waals surface area contributed by atoms with Gasteiger partial charge in [0.15, 0.2) is 0 Å². The van der Waals surface area contributed by atoms with E-state index in [1.807, 2.05) is 18.2 Å². The summed E-state index contributed by atoms with van der Waals surface area (Å²) in [6.07, 6.45) is 7.43. The molecule has 2 N–H and O–H groups in total. The van der Waals surface area contributed by atoms with E-state index in [9.17, 15) is 4.79 Å². The Morgan fingerprint density at radius 3 is 2.81 bits per heavy atom. The van der Waals surface area contributed by atoms with Crippen LogP contribution in [0.5, 0.6) is 0 Å². The standard InChI is InChI=1S/C18H28N2O/c1-3-12-19-18(21)15-9-7-10-16(13-15)20-17-11-6-5-8-14(17)4-2/h7,9-10,13-14,17,20H,3-6,8,11-12H2,1-2H3,(H,19,21). The van der Waals surface area contributed by atoms with Gasteiger partial charge in [-0.05, 0) is 43.4 Å². The average molecular weight is 288 g/mol. The van der Waals surface area contributed by atoms with Crippen molar-refractivity contribution in [1.82, 2.24) is 5.32 Å². The minimum Gasteiger partial charge on any atom is -0.382 e. The Kier molecular flexibility index (Phi) is 6.09. The number of rotatable bonds is 6. The summed E-state index contributed by atoms with van der Waals surface area (Å²) in [5, 5.41) is 6.59. The van der Waals surface area contributed by atoms with Crippen LogP contribution in [0.25, 0.3) is 0 Å². The summed E-state index contributed by atoms with van der Waals surface area (Å²) in [6.45, 7) is 5.07. The fourth-order valence-electron chi connectivity index (χ4n) is 3.19. The Bertz CT molecular complexity index is 458. The second kappa shape index (κ2) is 8.06. The second-order valence-corrected chi connectivity index (χ2v) is 6.04. The van der Waals surface area contributed by atoms with Gasteiger partial charge in [-0.2, -0.15) is 0 Å². The highest BCUT2D eigenvalue weighted by atomic mass is 16.1. The smallest absolute Gasteiger partial charge is 0.251 e. The molecule has 1 fully saturated rings. The number of anilines is 1.